The number of hydrogen-bond acceptors (Lipinski definition) is 0. The molecule has 8 aromatic rings. The first-order valence-electron chi connectivity index (χ1n) is 17.9. The third kappa shape index (κ3) is 4.05. The molecule has 0 aromatic heterocycles. The molecule has 0 bridgehead atoms. The zero-order chi connectivity index (χ0) is 33.8. The first kappa shape index (κ1) is 29.4. The molecule has 238 valence electrons. The van der Waals surface area contributed by atoms with Gasteiger partial charge in [-0.15, -0.1) is 0 Å². The van der Waals surface area contributed by atoms with Crippen LogP contribution in [0, 0.1) is 0 Å². The van der Waals surface area contributed by atoms with Crippen molar-refractivity contribution in [3.8, 4) is 55.6 Å². The second-order valence-corrected chi connectivity index (χ2v) is 19.6. The van der Waals surface area contributed by atoms with Crippen LogP contribution in [0.4, 0.5) is 0 Å². The molecule has 8 aromatic carbocycles. The Kier molecular flexibility index (Phi) is 6.18. The highest BCUT2D eigenvalue weighted by molar-refractivity contribution is 7.03. The van der Waals surface area contributed by atoms with Crippen molar-refractivity contribution >= 4 is 40.0 Å². The summed E-state index contributed by atoms with van der Waals surface area (Å²) in [5.74, 6) is 0. The van der Waals surface area contributed by atoms with E-state index in [9.17, 15) is 0 Å². The molecule has 1 heteroatoms. The van der Waals surface area contributed by atoms with E-state index in [1.807, 2.05) is 0 Å². The van der Waals surface area contributed by atoms with Crippen molar-refractivity contribution < 1.29 is 0 Å². The number of rotatable bonds is 3. The maximum Gasteiger partial charge on any atom is 0.113 e. The van der Waals surface area contributed by atoms with E-state index in [4.69, 9.17) is 0 Å². The first-order chi connectivity index (χ1) is 24.3. The van der Waals surface area contributed by atoms with Crippen molar-refractivity contribution in [2.45, 2.75) is 32.4 Å². The molecule has 1 heterocycles. The Morgan fingerprint density at radius 2 is 0.920 bits per heavy atom. The standard InChI is InChI=1S/C49H38Si/c1-49(2)43-20-12-10-16-35(43)36-25-23-34(30-44(36)49)48-39-19-9-8-18-38(39)47(40-26-22-32(28-42(40)48)31-14-6-5-7-15-31)33-24-27-46-41(29-33)37-17-11-13-21-45(37)50(46,3)4/h5-30H,1-4H3. The minimum absolute atomic E-state index is 0.0690. The van der Waals surface area contributed by atoms with E-state index < -0.39 is 8.07 Å². The lowest BCUT2D eigenvalue weighted by molar-refractivity contribution is 0.660. The van der Waals surface area contributed by atoms with Gasteiger partial charge in [0.15, 0.2) is 0 Å². The minimum atomic E-state index is -1.75. The summed E-state index contributed by atoms with van der Waals surface area (Å²) < 4.78 is 0. The highest BCUT2D eigenvalue weighted by atomic mass is 28.3. The van der Waals surface area contributed by atoms with E-state index >= 15 is 0 Å². The van der Waals surface area contributed by atoms with Gasteiger partial charge in [0.2, 0.25) is 0 Å². The summed E-state index contributed by atoms with van der Waals surface area (Å²) >= 11 is 0. The van der Waals surface area contributed by atoms with Crippen LogP contribution in [0.5, 0.6) is 0 Å². The number of fused-ring (bicyclic) bond motifs is 8. The van der Waals surface area contributed by atoms with Gasteiger partial charge >= 0.3 is 0 Å². The maximum absolute atomic E-state index is 2.50. The minimum Gasteiger partial charge on any atom is -0.0623 e. The van der Waals surface area contributed by atoms with Crippen molar-refractivity contribution in [2.75, 3.05) is 0 Å². The molecule has 50 heavy (non-hydrogen) atoms. The summed E-state index contributed by atoms with van der Waals surface area (Å²) in [6.45, 7) is 9.76. The Morgan fingerprint density at radius 1 is 0.360 bits per heavy atom. The third-order valence-electron chi connectivity index (χ3n) is 11.9. The Balaban J connectivity index is 1.28. The molecule has 0 saturated carbocycles. The Morgan fingerprint density at radius 3 is 1.72 bits per heavy atom. The van der Waals surface area contributed by atoms with Crippen LogP contribution >= 0.6 is 0 Å². The summed E-state index contributed by atoms with van der Waals surface area (Å²) in [6, 6.07) is 59.7. The first-order valence-corrected chi connectivity index (χ1v) is 20.9. The van der Waals surface area contributed by atoms with Gasteiger partial charge in [0.25, 0.3) is 0 Å². The van der Waals surface area contributed by atoms with Crippen LogP contribution in [0.2, 0.25) is 13.1 Å². The lowest BCUT2D eigenvalue weighted by atomic mass is 9.80. The lowest BCUT2D eigenvalue weighted by Crippen LogP contribution is -2.49. The quantitative estimate of drug-likeness (QED) is 0.131. The van der Waals surface area contributed by atoms with Crippen LogP contribution in [0.1, 0.15) is 25.0 Å². The molecule has 0 amide bonds. The van der Waals surface area contributed by atoms with E-state index in [2.05, 4.69) is 185 Å². The second-order valence-electron chi connectivity index (χ2n) is 15.3. The molecule has 0 atom stereocenters. The van der Waals surface area contributed by atoms with Gasteiger partial charge in [0, 0.05) is 5.41 Å². The molecule has 0 radical (unpaired) electrons. The molecular weight excluding hydrogens is 617 g/mol. The maximum atomic E-state index is 2.50. The molecule has 0 nitrogen and oxygen atoms in total. The number of hydrogen-bond donors (Lipinski definition) is 0. The van der Waals surface area contributed by atoms with Crippen molar-refractivity contribution in [1.29, 1.82) is 0 Å². The molecule has 0 unspecified atom stereocenters. The predicted molar refractivity (Wildman–Crippen MR) is 218 cm³/mol. The summed E-state index contributed by atoms with van der Waals surface area (Å²) in [7, 11) is -1.75. The molecule has 0 saturated heterocycles. The monoisotopic (exact) mass is 654 g/mol. The van der Waals surface area contributed by atoms with Crippen LogP contribution in [-0.4, -0.2) is 8.07 Å². The van der Waals surface area contributed by atoms with Gasteiger partial charge in [-0.1, -0.05) is 166 Å². The van der Waals surface area contributed by atoms with Gasteiger partial charge in [0.05, 0.1) is 0 Å². The lowest BCUT2D eigenvalue weighted by Gasteiger charge is -2.23. The summed E-state index contributed by atoms with van der Waals surface area (Å²) in [5, 5.41) is 8.28. The van der Waals surface area contributed by atoms with Crippen molar-refractivity contribution in [1.82, 2.24) is 0 Å². The zero-order valence-corrected chi connectivity index (χ0v) is 30.0. The third-order valence-corrected chi connectivity index (χ3v) is 15.4. The molecule has 0 spiro atoms. The molecule has 2 aliphatic rings. The average molecular weight is 655 g/mol. The topological polar surface area (TPSA) is 0 Å². The summed E-state index contributed by atoms with van der Waals surface area (Å²) in [4.78, 5) is 0. The van der Waals surface area contributed by atoms with E-state index in [-0.39, 0.29) is 5.41 Å². The summed E-state index contributed by atoms with van der Waals surface area (Å²) in [5.41, 5.74) is 16.0. The SMILES string of the molecule is CC1(C)c2ccccc2-c2ccc(-c3c4ccccc4c(-c4ccc5c(c4)-c4ccccc4[Si]5(C)C)c4ccc(-c5ccccc5)cc34)cc21. The highest BCUT2D eigenvalue weighted by Crippen LogP contribution is 2.51. The molecule has 0 N–H and O–H groups in total. The van der Waals surface area contributed by atoms with E-state index in [0.29, 0.717) is 0 Å². The van der Waals surface area contributed by atoms with Crippen LogP contribution in [0.3, 0.4) is 0 Å². The van der Waals surface area contributed by atoms with Gasteiger partial charge in [-0.3, -0.25) is 0 Å². The fourth-order valence-corrected chi connectivity index (χ4v) is 12.4. The normalized spacial score (nSPS) is 14.7. The molecule has 0 fully saturated rings. The molecule has 1 aliphatic heterocycles. The Bertz CT molecular complexity index is 2690. The highest BCUT2D eigenvalue weighted by Gasteiger charge is 2.38. The fourth-order valence-electron chi connectivity index (χ4n) is 9.35. The Hall–Kier alpha value is -5.50. The van der Waals surface area contributed by atoms with Gasteiger partial charge < -0.3 is 0 Å². The van der Waals surface area contributed by atoms with Crippen LogP contribution in [0.25, 0.3) is 77.2 Å². The van der Waals surface area contributed by atoms with Crippen molar-refractivity contribution in [3.05, 3.63) is 169 Å². The van der Waals surface area contributed by atoms with E-state index in [1.165, 1.54) is 88.3 Å². The van der Waals surface area contributed by atoms with Gasteiger partial charge in [0.1, 0.15) is 8.07 Å². The van der Waals surface area contributed by atoms with E-state index in [1.54, 1.807) is 10.4 Å². The van der Waals surface area contributed by atoms with Crippen LogP contribution in [-0.2, 0) is 5.41 Å². The van der Waals surface area contributed by atoms with Crippen molar-refractivity contribution in [3.63, 3.8) is 0 Å². The van der Waals surface area contributed by atoms with Crippen molar-refractivity contribution in [2.24, 2.45) is 0 Å². The molecule has 1 aliphatic carbocycles. The summed E-state index contributed by atoms with van der Waals surface area (Å²) in [6.07, 6.45) is 0. The second kappa shape index (κ2) is 10.5. The largest absolute Gasteiger partial charge is 0.113 e. The fraction of sp³-hybridized carbons (Fsp3) is 0.102. The Labute approximate surface area is 295 Å². The van der Waals surface area contributed by atoms with E-state index in [0.717, 1.165) is 0 Å². The van der Waals surface area contributed by atoms with Gasteiger partial charge in [-0.25, -0.2) is 0 Å². The van der Waals surface area contributed by atoms with Gasteiger partial charge in [-0.2, -0.15) is 0 Å². The zero-order valence-electron chi connectivity index (χ0n) is 29.0. The predicted octanol–water partition coefficient (Wildman–Crippen LogP) is 12.1. The number of benzene rings is 8. The smallest absolute Gasteiger partial charge is 0.0623 e. The average Bonchev–Trinajstić information content (AvgIpc) is 3.53. The van der Waals surface area contributed by atoms with Crippen LogP contribution in [0.15, 0.2) is 158 Å². The van der Waals surface area contributed by atoms with Gasteiger partial charge in [-0.05, 0) is 117 Å². The van der Waals surface area contributed by atoms with Crippen LogP contribution < -0.4 is 10.4 Å². The molecule has 10 rings (SSSR count). The molecular formula is C49H38Si.